The van der Waals surface area contributed by atoms with Crippen LogP contribution in [0.4, 0.5) is 13.2 Å². The van der Waals surface area contributed by atoms with E-state index >= 15 is 0 Å². The summed E-state index contributed by atoms with van der Waals surface area (Å²) in [6.45, 7) is 0. The second-order valence-electron chi connectivity index (χ2n) is 5.16. The van der Waals surface area contributed by atoms with Crippen LogP contribution in [0.15, 0.2) is 72.8 Å². The summed E-state index contributed by atoms with van der Waals surface area (Å²) in [7, 11) is 0. The molecule has 0 aliphatic heterocycles. The Balaban J connectivity index is 1.63. The van der Waals surface area contributed by atoms with Crippen molar-refractivity contribution in [2.75, 3.05) is 0 Å². The van der Waals surface area contributed by atoms with Crippen molar-refractivity contribution in [1.29, 1.82) is 0 Å². The van der Waals surface area contributed by atoms with Crippen molar-refractivity contribution >= 4 is 0 Å². The van der Waals surface area contributed by atoms with Crippen molar-refractivity contribution in [3.05, 3.63) is 72.8 Å². The number of rotatable bonds is 5. The number of benzene rings is 3. The summed E-state index contributed by atoms with van der Waals surface area (Å²) in [5.41, 5.74) is 0. The van der Waals surface area contributed by atoms with E-state index < -0.39 is 6.36 Å². The first-order valence-electron chi connectivity index (χ1n) is 7.49. The van der Waals surface area contributed by atoms with Gasteiger partial charge in [-0.1, -0.05) is 12.1 Å². The number of halogens is 3. The average Bonchev–Trinajstić information content (AvgIpc) is 2.59. The summed E-state index contributed by atoms with van der Waals surface area (Å²) in [4.78, 5) is 0. The lowest BCUT2D eigenvalue weighted by Crippen LogP contribution is -2.16. The highest BCUT2D eigenvalue weighted by atomic mass is 19.4. The van der Waals surface area contributed by atoms with Crippen molar-refractivity contribution in [2.24, 2.45) is 0 Å². The molecule has 4 nitrogen and oxygen atoms in total. The van der Waals surface area contributed by atoms with Crippen molar-refractivity contribution in [2.45, 2.75) is 6.36 Å². The Kier molecular flexibility index (Phi) is 4.88. The van der Waals surface area contributed by atoms with Gasteiger partial charge < -0.3 is 19.3 Å². The van der Waals surface area contributed by atoms with Crippen LogP contribution in [0.5, 0.6) is 34.5 Å². The topological polar surface area (TPSA) is 47.9 Å². The van der Waals surface area contributed by atoms with Gasteiger partial charge in [-0.05, 0) is 60.7 Å². The summed E-state index contributed by atoms with van der Waals surface area (Å²) >= 11 is 0. The smallest absolute Gasteiger partial charge is 0.504 e. The number of phenols is 1. The fourth-order valence-corrected chi connectivity index (χ4v) is 2.09. The molecule has 0 amide bonds. The normalized spacial score (nSPS) is 11.0. The molecule has 3 aromatic carbocycles. The molecule has 1 N–H and O–H groups in total. The lowest BCUT2D eigenvalue weighted by atomic mass is 10.3. The van der Waals surface area contributed by atoms with Crippen LogP contribution in [0.2, 0.25) is 0 Å². The monoisotopic (exact) mass is 362 g/mol. The van der Waals surface area contributed by atoms with Crippen molar-refractivity contribution in [3.8, 4) is 34.5 Å². The lowest BCUT2D eigenvalue weighted by Gasteiger charge is -2.11. The van der Waals surface area contributed by atoms with Gasteiger partial charge in [-0.25, -0.2) is 0 Å². The number of aromatic hydroxyl groups is 1. The minimum Gasteiger partial charge on any atom is -0.504 e. The first kappa shape index (κ1) is 17.5. The molecule has 0 saturated heterocycles. The van der Waals surface area contributed by atoms with Gasteiger partial charge in [0.05, 0.1) is 0 Å². The van der Waals surface area contributed by atoms with E-state index in [2.05, 4.69) is 4.74 Å². The largest absolute Gasteiger partial charge is 0.573 e. The molecular weight excluding hydrogens is 349 g/mol. The van der Waals surface area contributed by atoms with Gasteiger partial charge in [-0.15, -0.1) is 13.2 Å². The summed E-state index contributed by atoms with van der Waals surface area (Å²) in [6, 6.07) is 18.2. The minimum absolute atomic E-state index is 0.0222. The molecule has 0 unspecified atom stereocenters. The highest BCUT2D eigenvalue weighted by Crippen LogP contribution is 2.32. The zero-order chi connectivity index (χ0) is 18.6. The molecule has 3 rings (SSSR count). The van der Waals surface area contributed by atoms with Crippen LogP contribution in [0.3, 0.4) is 0 Å². The van der Waals surface area contributed by atoms with Crippen molar-refractivity contribution in [1.82, 2.24) is 0 Å². The summed E-state index contributed by atoms with van der Waals surface area (Å²) < 4.78 is 51.3. The van der Waals surface area contributed by atoms with E-state index in [0.717, 1.165) is 0 Å². The standard InChI is InChI=1S/C19H13F3O4/c20-19(21,22)26-16-11-9-14(10-12-16)24-13-5-7-15(8-6-13)25-18-4-2-1-3-17(18)23/h1-12,23H. The van der Waals surface area contributed by atoms with Crippen LogP contribution >= 0.6 is 0 Å². The molecule has 0 aliphatic rings. The molecule has 0 atom stereocenters. The second-order valence-corrected chi connectivity index (χ2v) is 5.16. The number of hydrogen-bond donors (Lipinski definition) is 1. The lowest BCUT2D eigenvalue weighted by molar-refractivity contribution is -0.274. The predicted octanol–water partition coefficient (Wildman–Crippen LogP) is 5.88. The Morgan fingerprint density at radius 3 is 1.58 bits per heavy atom. The second kappa shape index (κ2) is 7.26. The fourth-order valence-electron chi connectivity index (χ4n) is 2.09. The number of hydrogen-bond acceptors (Lipinski definition) is 4. The molecule has 0 spiro atoms. The van der Waals surface area contributed by atoms with Crippen LogP contribution in [-0.2, 0) is 0 Å². The van der Waals surface area contributed by atoms with Crippen molar-refractivity contribution < 1.29 is 32.5 Å². The zero-order valence-electron chi connectivity index (χ0n) is 13.2. The SMILES string of the molecule is Oc1ccccc1Oc1ccc(Oc2ccc(OC(F)(F)F)cc2)cc1. The van der Waals surface area contributed by atoms with Gasteiger partial charge in [-0.2, -0.15) is 0 Å². The van der Waals surface area contributed by atoms with E-state index in [1.165, 1.54) is 30.3 Å². The Morgan fingerprint density at radius 2 is 1.08 bits per heavy atom. The fraction of sp³-hybridized carbons (Fsp3) is 0.0526. The van der Waals surface area contributed by atoms with Crippen LogP contribution in [0.1, 0.15) is 0 Å². The van der Waals surface area contributed by atoms with E-state index in [-0.39, 0.29) is 11.5 Å². The molecule has 0 aliphatic carbocycles. The molecule has 0 heterocycles. The molecule has 0 fully saturated rings. The van der Waals surface area contributed by atoms with Gasteiger partial charge in [0.15, 0.2) is 11.5 Å². The van der Waals surface area contributed by atoms with Gasteiger partial charge in [0, 0.05) is 0 Å². The van der Waals surface area contributed by atoms with Gasteiger partial charge in [0.1, 0.15) is 23.0 Å². The summed E-state index contributed by atoms with van der Waals surface area (Å²) in [5.74, 6) is 1.34. The van der Waals surface area contributed by atoms with Gasteiger partial charge in [-0.3, -0.25) is 0 Å². The van der Waals surface area contributed by atoms with E-state index in [1.807, 2.05) is 0 Å². The summed E-state index contributed by atoms with van der Waals surface area (Å²) in [5, 5.41) is 9.68. The maximum absolute atomic E-state index is 12.1. The number of ether oxygens (including phenoxy) is 3. The quantitative estimate of drug-likeness (QED) is 0.616. The highest BCUT2D eigenvalue weighted by Gasteiger charge is 2.30. The van der Waals surface area contributed by atoms with Crippen LogP contribution in [0, 0.1) is 0 Å². The van der Waals surface area contributed by atoms with Crippen LogP contribution in [-0.4, -0.2) is 11.5 Å². The Bertz CT molecular complexity index is 859. The maximum atomic E-state index is 12.1. The van der Waals surface area contributed by atoms with Crippen molar-refractivity contribution in [3.63, 3.8) is 0 Å². The first-order valence-corrected chi connectivity index (χ1v) is 7.49. The molecular formula is C19H13F3O4. The van der Waals surface area contributed by atoms with Crippen LogP contribution < -0.4 is 14.2 Å². The zero-order valence-corrected chi connectivity index (χ0v) is 13.2. The summed E-state index contributed by atoms with van der Waals surface area (Å²) in [6.07, 6.45) is -4.73. The maximum Gasteiger partial charge on any atom is 0.573 e. The molecule has 0 bridgehead atoms. The van der Waals surface area contributed by atoms with Gasteiger partial charge >= 0.3 is 6.36 Å². The molecule has 0 saturated carbocycles. The van der Waals surface area contributed by atoms with Crippen LogP contribution in [0.25, 0.3) is 0 Å². The van der Waals surface area contributed by atoms with E-state index in [1.54, 1.807) is 42.5 Å². The third-order valence-corrected chi connectivity index (χ3v) is 3.21. The Labute approximate surface area is 147 Å². The first-order chi connectivity index (χ1) is 12.4. The minimum atomic E-state index is -4.73. The van der Waals surface area contributed by atoms with Gasteiger partial charge in [0.25, 0.3) is 0 Å². The molecule has 0 aromatic heterocycles. The Hall–Kier alpha value is -3.35. The van der Waals surface area contributed by atoms with E-state index in [4.69, 9.17) is 9.47 Å². The van der Waals surface area contributed by atoms with Gasteiger partial charge in [0.2, 0.25) is 0 Å². The number of phenolic OH excluding ortho intramolecular Hbond substituents is 1. The van der Waals surface area contributed by atoms with E-state index in [9.17, 15) is 18.3 Å². The molecule has 7 heteroatoms. The Morgan fingerprint density at radius 1 is 0.615 bits per heavy atom. The highest BCUT2D eigenvalue weighted by molar-refractivity contribution is 5.43. The molecule has 134 valence electrons. The average molecular weight is 362 g/mol. The number of para-hydroxylation sites is 2. The molecule has 3 aromatic rings. The predicted molar refractivity (Wildman–Crippen MR) is 87.8 cm³/mol. The number of alkyl halides is 3. The third kappa shape index (κ3) is 4.83. The molecule has 26 heavy (non-hydrogen) atoms. The third-order valence-electron chi connectivity index (χ3n) is 3.21. The molecule has 0 radical (unpaired) electrons. The van der Waals surface area contributed by atoms with E-state index in [0.29, 0.717) is 23.0 Å².